The number of halogens is 1. The number of hydrogen-bond acceptors (Lipinski definition) is 4. The van der Waals surface area contributed by atoms with E-state index in [-0.39, 0.29) is 17.8 Å². The third-order valence-electron chi connectivity index (χ3n) is 3.90. The standard InChI is InChI=1S/C16H18ClN3O2/c17-12-9-7-11(8-10-12)15-19-20-16(22-15)14(21)18-13-5-3-1-2-4-6-13/h7-10,13H,1-6H2,(H,18,21). The molecule has 1 aromatic carbocycles. The van der Waals surface area contributed by atoms with Gasteiger partial charge in [0.1, 0.15) is 0 Å². The van der Waals surface area contributed by atoms with Crippen molar-refractivity contribution in [1.82, 2.24) is 15.5 Å². The summed E-state index contributed by atoms with van der Waals surface area (Å²) in [6.45, 7) is 0. The summed E-state index contributed by atoms with van der Waals surface area (Å²) < 4.78 is 5.47. The molecule has 0 bridgehead atoms. The Kier molecular flexibility index (Phi) is 4.73. The number of benzene rings is 1. The molecule has 2 aromatic rings. The van der Waals surface area contributed by atoms with Gasteiger partial charge in [0.05, 0.1) is 0 Å². The second kappa shape index (κ2) is 6.92. The second-order valence-corrected chi connectivity index (χ2v) is 6.02. The van der Waals surface area contributed by atoms with Gasteiger partial charge in [0.15, 0.2) is 0 Å². The lowest BCUT2D eigenvalue weighted by Gasteiger charge is -2.14. The summed E-state index contributed by atoms with van der Waals surface area (Å²) in [5.74, 6) is 0.0384. The van der Waals surface area contributed by atoms with E-state index in [2.05, 4.69) is 15.5 Å². The van der Waals surface area contributed by atoms with Gasteiger partial charge in [-0.1, -0.05) is 37.3 Å². The van der Waals surface area contributed by atoms with Crippen molar-refractivity contribution in [3.05, 3.63) is 35.2 Å². The van der Waals surface area contributed by atoms with Crippen molar-refractivity contribution in [2.24, 2.45) is 0 Å². The van der Waals surface area contributed by atoms with Gasteiger partial charge in [-0.05, 0) is 37.1 Å². The maximum absolute atomic E-state index is 12.2. The van der Waals surface area contributed by atoms with Gasteiger partial charge < -0.3 is 9.73 Å². The molecular formula is C16H18ClN3O2. The lowest BCUT2D eigenvalue weighted by atomic mass is 10.1. The first-order valence-electron chi connectivity index (χ1n) is 7.63. The summed E-state index contributed by atoms with van der Waals surface area (Å²) in [5.41, 5.74) is 0.741. The largest absolute Gasteiger partial charge is 0.412 e. The Labute approximate surface area is 134 Å². The van der Waals surface area contributed by atoms with Crippen LogP contribution in [-0.4, -0.2) is 22.1 Å². The number of hydrogen-bond donors (Lipinski definition) is 1. The second-order valence-electron chi connectivity index (χ2n) is 5.58. The minimum atomic E-state index is -0.292. The monoisotopic (exact) mass is 319 g/mol. The molecule has 0 radical (unpaired) electrons. The Morgan fingerprint density at radius 3 is 2.45 bits per heavy atom. The highest BCUT2D eigenvalue weighted by Gasteiger charge is 2.20. The van der Waals surface area contributed by atoms with Crippen molar-refractivity contribution in [3.63, 3.8) is 0 Å². The number of aromatic nitrogens is 2. The highest BCUT2D eigenvalue weighted by Crippen LogP contribution is 2.21. The van der Waals surface area contributed by atoms with Gasteiger partial charge in [0, 0.05) is 16.6 Å². The Hall–Kier alpha value is -1.88. The van der Waals surface area contributed by atoms with E-state index in [1.165, 1.54) is 12.8 Å². The summed E-state index contributed by atoms with van der Waals surface area (Å²) in [6.07, 6.45) is 6.84. The molecule has 0 spiro atoms. The van der Waals surface area contributed by atoms with Crippen molar-refractivity contribution >= 4 is 17.5 Å². The number of amides is 1. The van der Waals surface area contributed by atoms with E-state index in [4.69, 9.17) is 16.0 Å². The van der Waals surface area contributed by atoms with Crippen LogP contribution < -0.4 is 5.32 Å². The van der Waals surface area contributed by atoms with Crippen molar-refractivity contribution in [1.29, 1.82) is 0 Å². The highest BCUT2D eigenvalue weighted by molar-refractivity contribution is 6.30. The summed E-state index contributed by atoms with van der Waals surface area (Å²) in [5, 5.41) is 11.4. The fourth-order valence-corrected chi connectivity index (χ4v) is 2.82. The van der Waals surface area contributed by atoms with Crippen LogP contribution in [0.25, 0.3) is 11.5 Å². The minimum absolute atomic E-state index is 0.00852. The van der Waals surface area contributed by atoms with Crippen LogP contribution in [-0.2, 0) is 0 Å². The molecule has 0 saturated heterocycles. The molecule has 5 nitrogen and oxygen atoms in total. The van der Waals surface area contributed by atoms with Gasteiger partial charge in [-0.15, -0.1) is 10.2 Å². The van der Waals surface area contributed by atoms with Crippen LogP contribution >= 0.6 is 11.6 Å². The SMILES string of the molecule is O=C(NC1CCCCCC1)c1nnc(-c2ccc(Cl)cc2)o1. The summed E-state index contributed by atoms with van der Waals surface area (Å²) in [6, 6.07) is 7.26. The van der Waals surface area contributed by atoms with Crippen LogP contribution in [0.2, 0.25) is 5.02 Å². The molecular weight excluding hydrogens is 302 g/mol. The Morgan fingerprint density at radius 2 is 1.77 bits per heavy atom. The van der Waals surface area contributed by atoms with Crippen LogP contribution in [0.1, 0.15) is 49.2 Å². The Bertz CT molecular complexity index is 631. The van der Waals surface area contributed by atoms with Gasteiger partial charge in [-0.2, -0.15) is 0 Å². The highest BCUT2D eigenvalue weighted by atomic mass is 35.5. The summed E-state index contributed by atoms with van der Waals surface area (Å²) in [7, 11) is 0. The molecule has 116 valence electrons. The van der Waals surface area contributed by atoms with Crippen molar-refractivity contribution in [2.45, 2.75) is 44.6 Å². The van der Waals surface area contributed by atoms with Crippen molar-refractivity contribution in [2.75, 3.05) is 0 Å². The molecule has 0 atom stereocenters. The van der Waals surface area contributed by atoms with E-state index in [1.54, 1.807) is 24.3 Å². The molecule has 1 amide bonds. The van der Waals surface area contributed by atoms with E-state index in [9.17, 15) is 4.79 Å². The minimum Gasteiger partial charge on any atom is -0.412 e. The van der Waals surface area contributed by atoms with Gasteiger partial charge in [-0.3, -0.25) is 4.79 Å². The van der Waals surface area contributed by atoms with Crippen LogP contribution in [0.5, 0.6) is 0 Å². The zero-order valence-corrected chi connectivity index (χ0v) is 13.0. The predicted octanol–water partition coefficient (Wildman–Crippen LogP) is 3.84. The van der Waals surface area contributed by atoms with Crippen LogP contribution in [0.4, 0.5) is 0 Å². The van der Waals surface area contributed by atoms with E-state index in [1.807, 2.05) is 0 Å². The van der Waals surface area contributed by atoms with E-state index >= 15 is 0 Å². The molecule has 3 rings (SSSR count). The van der Waals surface area contributed by atoms with Gasteiger partial charge in [0.2, 0.25) is 5.89 Å². The average molecular weight is 320 g/mol. The third kappa shape index (κ3) is 3.65. The molecule has 1 aliphatic rings. The fraction of sp³-hybridized carbons (Fsp3) is 0.438. The van der Waals surface area contributed by atoms with Crippen LogP contribution in [0.15, 0.2) is 28.7 Å². The molecule has 1 heterocycles. The van der Waals surface area contributed by atoms with Crippen molar-refractivity contribution in [3.8, 4) is 11.5 Å². The zero-order valence-electron chi connectivity index (χ0n) is 12.2. The first-order chi connectivity index (χ1) is 10.7. The number of carbonyl (C=O) groups is 1. The van der Waals surface area contributed by atoms with Gasteiger partial charge in [-0.25, -0.2) is 0 Å². The van der Waals surface area contributed by atoms with Crippen LogP contribution in [0.3, 0.4) is 0 Å². The molecule has 1 fully saturated rings. The van der Waals surface area contributed by atoms with E-state index in [0.717, 1.165) is 31.2 Å². The zero-order chi connectivity index (χ0) is 15.4. The third-order valence-corrected chi connectivity index (χ3v) is 4.15. The van der Waals surface area contributed by atoms with Crippen molar-refractivity contribution < 1.29 is 9.21 Å². The number of nitrogens with one attached hydrogen (secondary N) is 1. The number of nitrogens with zero attached hydrogens (tertiary/aromatic N) is 2. The molecule has 1 aromatic heterocycles. The average Bonchev–Trinajstić information content (AvgIpc) is 2.88. The smallest absolute Gasteiger partial charge is 0.309 e. The molecule has 1 saturated carbocycles. The molecule has 0 unspecified atom stereocenters. The topological polar surface area (TPSA) is 68.0 Å². The predicted molar refractivity (Wildman–Crippen MR) is 83.7 cm³/mol. The Morgan fingerprint density at radius 1 is 1.09 bits per heavy atom. The maximum Gasteiger partial charge on any atom is 0.309 e. The normalized spacial score (nSPS) is 16.2. The maximum atomic E-state index is 12.2. The lowest BCUT2D eigenvalue weighted by molar-refractivity contribution is 0.0899. The first-order valence-corrected chi connectivity index (χ1v) is 8.00. The Balaban J connectivity index is 1.67. The molecule has 1 aliphatic carbocycles. The van der Waals surface area contributed by atoms with E-state index < -0.39 is 0 Å². The molecule has 0 aliphatic heterocycles. The van der Waals surface area contributed by atoms with Crippen LogP contribution in [0, 0.1) is 0 Å². The summed E-state index contributed by atoms with van der Waals surface area (Å²) >= 11 is 5.85. The molecule has 1 N–H and O–H groups in total. The molecule has 22 heavy (non-hydrogen) atoms. The number of carbonyl (C=O) groups excluding carboxylic acids is 1. The van der Waals surface area contributed by atoms with Gasteiger partial charge >= 0.3 is 11.8 Å². The fourth-order valence-electron chi connectivity index (χ4n) is 2.69. The quantitative estimate of drug-likeness (QED) is 0.873. The number of rotatable bonds is 3. The lowest BCUT2D eigenvalue weighted by Crippen LogP contribution is -2.34. The van der Waals surface area contributed by atoms with E-state index in [0.29, 0.717) is 10.9 Å². The first kappa shape index (κ1) is 15.0. The van der Waals surface area contributed by atoms with Gasteiger partial charge in [0.25, 0.3) is 0 Å². The molecule has 6 heteroatoms. The summed E-state index contributed by atoms with van der Waals surface area (Å²) in [4.78, 5) is 12.2.